The Morgan fingerprint density at radius 2 is 2.08 bits per heavy atom. The van der Waals surface area contributed by atoms with Gasteiger partial charge in [-0.1, -0.05) is 29.8 Å². The summed E-state index contributed by atoms with van der Waals surface area (Å²) in [6, 6.07) is 7.83. The van der Waals surface area contributed by atoms with Crippen LogP contribution in [0.4, 0.5) is 0 Å². The maximum Gasteiger partial charge on any atom is 0.353 e. The summed E-state index contributed by atoms with van der Waals surface area (Å²) in [4.78, 5) is 16.4. The molecule has 8 heteroatoms. The van der Waals surface area contributed by atoms with Gasteiger partial charge in [-0.15, -0.1) is 0 Å². The highest BCUT2D eigenvalue weighted by molar-refractivity contribution is 9.10. The molecule has 0 unspecified atom stereocenters. The van der Waals surface area contributed by atoms with Crippen LogP contribution >= 0.6 is 15.9 Å². The topological polar surface area (TPSA) is 97.7 Å². The van der Waals surface area contributed by atoms with Gasteiger partial charge in [0.1, 0.15) is 12.3 Å². The van der Waals surface area contributed by atoms with E-state index in [1.165, 1.54) is 4.57 Å². The summed E-state index contributed by atoms with van der Waals surface area (Å²) in [5.74, 6) is 0.588. The zero-order chi connectivity index (χ0) is 18.4. The molecule has 26 heavy (non-hydrogen) atoms. The van der Waals surface area contributed by atoms with E-state index in [9.17, 15) is 15.0 Å². The van der Waals surface area contributed by atoms with Gasteiger partial charge in [-0.3, -0.25) is 4.57 Å². The molecule has 1 aliphatic rings. The van der Waals surface area contributed by atoms with Gasteiger partial charge in [-0.25, -0.2) is 4.79 Å². The van der Waals surface area contributed by atoms with Gasteiger partial charge in [0.05, 0.1) is 22.6 Å². The number of furan rings is 1. The summed E-state index contributed by atoms with van der Waals surface area (Å²) in [5, 5.41) is 19.8. The Kier molecular flexibility index (Phi) is 4.44. The molecular formula is C18H17BrN2O5. The number of aryl methyl sites for hydroxylation is 1. The quantitative estimate of drug-likeness (QED) is 0.674. The van der Waals surface area contributed by atoms with E-state index < -0.39 is 24.1 Å². The third-order valence-corrected chi connectivity index (χ3v) is 5.35. The van der Waals surface area contributed by atoms with Gasteiger partial charge in [0.15, 0.2) is 5.76 Å². The molecule has 2 aromatic heterocycles. The van der Waals surface area contributed by atoms with Gasteiger partial charge < -0.3 is 19.4 Å². The number of fused-ring (bicyclic) bond motifs is 1. The van der Waals surface area contributed by atoms with Crippen LogP contribution in [0.2, 0.25) is 0 Å². The Hall–Kier alpha value is -2.00. The number of nitrogens with zero attached hydrogens (tertiary/aromatic N) is 2. The van der Waals surface area contributed by atoms with Crippen LogP contribution in [0.3, 0.4) is 0 Å². The predicted octanol–water partition coefficient (Wildman–Crippen LogP) is 2.37. The van der Waals surface area contributed by atoms with Crippen LogP contribution in [-0.2, 0) is 4.74 Å². The first-order chi connectivity index (χ1) is 12.5. The first-order valence-electron chi connectivity index (χ1n) is 8.20. The lowest BCUT2D eigenvalue weighted by Gasteiger charge is -2.13. The number of benzene rings is 1. The van der Waals surface area contributed by atoms with E-state index in [4.69, 9.17) is 9.15 Å². The zero-order valence-corrected chi connectivity index (χ0v) is 15.5. The standard InChI is InChI=1S/C18H17BrN2O5/c1-9-2-4-10(5-3-9)16-15(19)11-7-21(18(24)20-17(11)26-16)14-6-12(23)13(8-22)25-14/h2-5,7,12-14,22-23H,6,8H2,1H3/t12-,13+,14+/m0/s1. The Balaban J connectivity index is 1.79. The van der Waals surface area contributed by atoms with Gasteiger partial charge in [-0.2, -0.15) is 4.98 Å². The van der Waals surface area contributed by atoms with E-state index in [-0.39, 0.29) is 18.7 Å². The Morgan fingerprint density at radius 1 is 1.35 bits per heavy atom. The van der Waals surface area contributed by atoms with E-state index in [2.05, 4.69) is 20.9 Å². The third-order valence-electron chi connectivity index (χ3n) is 4.56. The number of aliphatic hydroxyl groups is 2. The first-order valence-corrected chi connectivity index (χ1v) is 9.00. The second-order valence-electron chi connectivity index (χ2n) is 6.38. The molecule has 4 rings (SSSR count). The molecule has 0 bridgehead atoms. The van der Waals surface area contributed by atoms with Crippen molar-refractivity contribution < 1.29 is 19.4 Å². The second-order valence-corrected chi connectivity index (χ2v) is 7.17. The first kappa shape index (κ1) is 17.4. The Bertz CT molecular complexity index is 1010. The fraction of sp³-hybridized carbons (Fsp3) is 0.333. The minimum absolute atomic E-state index is 0.207. The van der Waals surface area contributed by atoms with Gasteiger partial charge in [-0.05, 0) is 22.9 Å². The number of hydrogen-bond donors (Lipinski definition) is 2. The molecule has 136 valence electrons. The monoisotopic (exact) mass is 420 g/mol. The molecule has 0 aliphatic carbocycles. The van der Waals surface area contributed by atoms with E-state index in [0.29, 0.717) is 15.6 Å². The molecule has 0 spiro atoms. The van der Waals surface area contributed by atoms with Crippen molar-refractivity contribution in [3.8, 4) is 11.3 Å². The summed E-state index contributed by atoms with van der Waals surface area (Å²) >= 11 is 3.53. The maximum atomic E-state index is 12.4. The number of aliphatic hydroxyl groups excluding tert-OH is 2. The summed E-state index contributed by atoms with van der Waals surface area (Å²) in [7, 11) is 0. The molecular weight excluding hydrogens is 404 g/mol. The Morgan fingerprint density at radius 3 is 2.73 bits per heavy atom. The van der Waals surface area contributed by atoms with Crippen molar-refractivity contribution >= 4 is 27.0 Å². The summed E-state index contributed by atoms with van der Waals surface area (Å²) in [6.45, 7) is 1.69. The molecule has 0 saturated carbocycles. The smallest absolute Gasteiger partial charge is 0.353 e. The minimum Gasteiger partial charge on any atom is -0.436 e. The van der Waals surface area contributed by atoms with Crippen LogP contribution in [0.15, 0.2) is 44.1 Å². The molecule has 1 aromatic carbocycles. The highest BCUT2D eigenvalue weighted by atomic mass is 79.9. The SMILES string of the molecule is Cc1ccc(-c2oc3nc(=O)n([C@H]4C[C@H](O)[C@@H](CO)O4)cc3c2Br)cc1. The van der Waals surface area contributed by atoms with Gasteiger partial charge in [0.25, 0.3) is 0 Å². The fourth-order valence-electron chi connectivity index (χ4n) is 3.09. The number of aromatic nitrogens is 2. The summed E-state index contributed by atoms with van der Waals surface area (Å²) < 4.78 is 13.4. The fourth-order valence-corrected chi connectivity index (χ4v) is 3.68. The molecule has 0 amide bonds. The van der Waals surface area contributed by atoms with Crippen molar-refractivity contribution in [1.29, 1.82) is 0 Å². The van der Waals surface area contributed by atoms with Crippen molar-refractivity contribution in [2.24, 2.45) is 0 Å². The van der Waals surface area contributed by atoms with Crippen molar-refractivity contribution in [2.75, 3.05) is 6.61 Å². The predicted molar refractivity (Wildman–Crippen MR) is 97.8 cm³/mol. The lowest BCUT2D eigenvalue weighted by molar-refractivity contribution is -0.0457. The zero-order valence-electron chi connectivity index (χ0n) is 13.9. The number of hydrogen-bond acceptors (Lipinski definition) is 6. The van der Waals surface area contributed by atoms with Gasteiger partial charge >= 0.3 is 5.69 Å². The molecule has 0 radical (unpaired) electrons. The maximum absolute atomic E-state index is 12.4. The minimum atomic E-state index is -0.830. The van der Waals surface area contributed by atoms with Crippen LogP contribution in [0.5, 0.6) is 0 Å². The molecule has 2 N–H and O–H groups in total. The second kappa shape index (κ2) is 6.62. The normalized spacial score (nSPS) is 23.0. The van der Waals surface area contributed by atoms with E-state index in [0.717, 1.165) is 11.1 Å². The van der Waals surface area contributed by atoms with Crippen molar-refractivity contribution in [2.45, 2.75) is 31.8 Å². The van der Waals surface area contributed by atoms with Crippen LogP contribution in [0, 0.1) is 6.92 Å². The van der Waals surface area contributed by atoms with Crippen molar-refractivity contribution in [3.05, 3.63) is 51.0 Å². The van der Waals surface area contributed by atoms with Crippen LogP contribution < -0.4 is 5.69 Å². The van der Waals surface area contributed by atoms with Gasteiger partial charge in [0.2, 0.25) is 5.71 Å². The molecule has 1 aliphatic heterocycles. The molecule has 3 aromatic rings. The number of halogens is 1. The molecule has 1 saturated heterocycles. The van der Waals surface area contributed by atoms with E-state index in [1.807, 2.05) is 31.2 Å². The highest BCUT2D eigenvalue weighted by Crippen LogP contribution is 2.37. The van der Waals surface area contributed by atoms with Crippen LogP contribution in [0.1, 0.15) is 18.2 Å². The van der Waals surface area contributed by atoms with Crippen molar-refractivity contribution in [3.63, 3.8) is 0 Å². The van der Waals surface area contributed by atoms with Crippen LogP contribution in [-0.4, -0.2) is 38.6 Å². The van der Waals surface area contributed by atoms with E-state index in [1.54, 1.807) is 6.20 Å². The lowest BCUT2D eigenvalue weighted by Crippen LogP contribution is -2.27. The average Bonchev–Trinajstić information content (AvgIpc) is 3.15. The average molecular weight is 421 g/mol. The van der Waals surface area contributed by atoms with Gasteiger partial charge in [0, 0.05) is 18.2 Å². The largest absolute Gasteiger partial charge is 0.436 e. The highest BCUT2D eigenvalue weighted by Gasteiger charge is 2.35. The summed E-state index contributed by atoms with van der Waals surface area (Å²) in [5.41, 5.74) is 1.69. The third kappa shape index (κ3) is 2.88. The molecule has 7 nitrogen and oxygen atoms in total. The number of ether oxygens (including phenoxy) is 1. The lowest BCUT2D eigenvalue weighted by atomic mass is 10.1. The Labute approximate surface area is 157 Å². The van der Waals surface area contributed by atoms with Crippen molar-refractivity contribution in [1.82, 2.24) is 9.55 Å². The summed E-state index contributed by atoms with van der Waals surface area (Å²) in [6.07, 6.45) is -0.413. The van der Waals surface area contributed by atoms with E-state index >= 15 is 0 Å². The molecule has 3 heterocycles. The molecule has 3 atom stereocenters. The van der Waals surface area contributed by atoms with Crippen LogP contribution in [0.25, 0.3) is 22.4 Å². The number of rotatable bonds is 3. The molecule has 1 fully saturated rings.